The van der Waals surface area contributed by atoms with Crippen LogP contribution in [-0.2, 0) is 0 Å². The average molecular weight is 266 g/mol. The molecular formula is C16H14N2O2. The predicted molar refractivity (Wildman–Crippen MR) is 78.1 cm³/mol. The van der Waals surface area contributed by atoms with Gasteiger partial charge < -0.3 is 9.47 Å². The lowest BCUT2D eigenvalue weighted by atomic mass is 10.1. The number of benzene rings is 2. The lowest BCUT2D eigenvalue weighted by Gasteiger charge is -2.10. The molecular weight excluding hydrogens is 252 g/mol. The molecule has 0 spiro atoms. The fraction of sp³-hybridized carbons (Fsp3) is 0.125. The summed E-state index contributed by atoms with van der Waals surface area (Å²) in [5.74, 6) is 1.47. The highest BCUT2D eigenvalue weighted by Crippen LogP contribution is 2.32. The maximum Gasteiger partial charge on any atom is 0.132 e. The highest BCUT2D eigenvalue weighted by atomic mass is 16.5. The number of rotatable bonds is 3. The zero-order valence-electron chi connectivity index (χ0n) is 11.3. The molecule has 4 heteroatoms. The minimum atomic E-state index is 0.717. The Hall–Kier alpha value is -2.62. The summed E-state index contributed by atoms with van der Waals surface area (Å²) in [6, 6.07) is 13.4. The Balaban J connectivity index is 2.14. The van der Waals surface area contributed by atoms with Gasteiger partial charge in [0.1, 0.15) is 11.5 Å². The summed E-state index contributed by atoms with van der Waals surface area (Å²) in [5, 5.41) is 0. The fourth-order valence-electron chi connectivity index (χ4n) is 2.10. The number of hydrogen-bond donors (Lipinski definition) is 0. The van der Waals surface area contributed by atoms with E-state index >= 15 is 0 Å². The molecule has 4 nitrogen and oxygen atoms in total. The molecule has 0 aliphatic carbocycles. The molecule has 1 aromatic heterocycles. The van der Waals surface area contributed by atoms with E-state index in [1.54, 1.807) is 20.4 Å². The van der Waals surface area contributed by atoms with Gasteiger partial charge in [-0.25, -0.2) is 4.98 Å². The van der Waals surface area contributed by atoms with Crippen molar-refractivity contribution in [3.8, 4) is 22.8 Å². The van der Waals surface area contributed by atoms with E-state index in [9.17, 15) is 0 Å². The second-order valence-electron chi connectivity index (χ2n) is 4.31. The number of para-hydroxylation sites is 2. The summed E-state index contributed by atoms with van der Waals surface area (Å²) in [7, 11) is 3.26. The van der Waals surface area contributed by atoms with Gasteiger partial charge in [-0.3, -0.25) is 4.98 Å². The zero-order valence-corrected chi connectivity index (χ0v) is 11.3. The Bertz CT molecular complexity index is 756. The SMILES string of the molecule is COc1ccc(-c2cnc3ccccc3n2)c(OC)c1. The van der Waals surface area contributed by atoms with Crippen molar-refractivity contribution in [2.75, 3.05) is 14.2 Å². The van der Waals surface area contributed by atoms with E-state index in [-0.39, 0.29) is 0 Å². The summed E-state index contributed by atoms with van der Waals surface area (Å²) < 4.78 is 10.6. The van der Waals surface area contributed by atoms with Crippen LogP contribution in [0.5, 0.6) is 11.5 Å². The predicted octanol–water partition coefficient (Wildman–Crippen LogP) is 3.31. The first-order valence-electron chi connectivity index (χ1n) is 6.26. The molecule has 0 atom stereocenters. The number of fused-ring (bicyclic) bond motifs is 1. The molecule has 1 heterocycles. The smallest absolute Gasteiger partial charge is 0.132 e. The van der Waals surface area contributed by atoms with Crippen molar-refractivity contribution in [1.82, 2.24) is 9.97 Å². The van der Waals surface area contributed by atoms with Gasteiger partial charge in [-0.1, -0.05) is 12.1 Å². The van der Waals surface area contributed by atoms with Crippen molar-refractivity contribution in [3.63, 3.8) is 0 Å². The summed E-state index contributed by atoms with van der Waals surface area (Å²) >= 11 is 0. The van der Waals surface area contributed by atoms with E-state index in [1.807, 2.05) is 42.5 Å². The maximum atomic E-state index is 5.41. The molecule has 0 N–H and O–H groups in total. The van der Waals surface area contributed by atoms with Gasteiger partial charge in [0.2, 0.25) is 0 Å². The van der Waals surface area contributed by atoms with Crippen LogP contribution in [0.3, 0.4) is 0 Å². The number of nitrogens with zero attached hydrogens (tertiary/aromatic N) is 2. The van der Waals surface area contributed by atoms with Crippen molar-refractivity contribution < 1.29 is 9.47 Å². The topological polar surface area (TPSA) is 44.2 Å². The highest BCUT2D eigenvalue weighted by Gasteiger charge is 2.10. The zero-order chi connectivity index (χ0) is 13.9. The Kier molecular flexibility index (Phi) is 3.21. The van der Waals surface area contributed by atoms with Gasteiger partial charge >= 0.3 is 0 Å². The van der Waals surface area contributed by atoms with Crippen LogP contribution >= 0.6 is 0 Å². The minimum absolute atomic E-state index is 0.717. The fourth-order valence-corrected chi connectivity index (χ4v) is 2.10. The molecule has 0 radical (unpaired) electrons. The third kappa shape index (κ3) is 2.16. The van der Waals surface area contributed by atoms with Gasteiger partial charge in [0.25, 0.3) is 0 Å². The first kappa shape index (κ1) is 12.4. The average Bonchev–Trinajstić information content (AvgIpc) is 2.53. The monoisotopic (exact) mass is 266 g/mol. The standard InChI is InChI=1S/C16H14N2O2/c1-19-11-7-8-12(16(9-11)20-2)15-10-17-13-5-3-4-6-14(13)18-15/h3-10H,1-2H3. The number of methoxy groups -OCH3 is 2. The van der Waals surface area contributed by atoms with Crippen LogP contribution in [0.25, 0.3) is 22.3 Å². The van der Waals surface area contributed by atoms with Gasteiger partial charge in [-0.15, -0.1) is 0 Å². The molecule has 2 aromatic carbocycles. The van der Waals surface area contributed by atoms with Gasteiger partial charge in [-0.2, -0.15) is 0 Å². The number of aromatic nitrogens is 2. The summed E-state index contributed by atoms with van der Waals surface area (Å²) in [4.78, 5) is 9.05. The van der Waals surface area contributed by atoms with Crippen molar-refractivity contribution in [1.29, 1.82) is 0 Å². The first-order valence-corrected chi connectivity index (χ1v) is 6.26. The number of ether oxygens (including phenoxy) is 2. The third-order valence-electron chi connectivity index (χ3n) is 3.13. The normalized spacial score (nSPS) is 10.5. The molecule has 20 heavy (non-hydrogen) atoms. The van der Waals surface area contributed by atoms with Crippen LogP contribution in [-0.4, -0.2) is 24.2 Å². The van der Waals surface area contributed by atoms with Gasteiger partial charge in [0.15, 0.2) is 0 Å². The van der Waals surface area contributed by atoms with Crippen molar-refractivity contribution in [2.45, 2.75) is 0 Å². The van der Waals surface area contributed by atoms with Gasteiger partial charge in [0, 0.05) is 11.6 Å². The largest absolute Gasteiger partial charge is 0.497 e. The Morgan fingerprint density at radius 3 is 2.45 bits per heavy atom. The number of hydrogen-bond acceptors (Lipinski definition) is 4. The molecule has 0 saturated heterocycles. The van der Waals surface area contributed by atoms with Crippen LogP contribution in [0.15, 0.2) is 48.7 Å². The molecule has 0 fully saturated rings. The summed E-state index contributed by atoms with van der Waals surface area (Å²) in [6.07, 6.45) is 1.76. The Morgan fingerprint density at radius 2 is 1.70 bits per heavy atom. The van der Waals surface area contributed by atoms with E-state index in [0.717, 1.165) is 28.0 Å². The minimum Gasteiger partial charge on any atom is -0.497 e. The van der Waals surface area contributed by atoms with E-state index in [0.29, 0.717) is 5.75 Å². The van der Waals surface area contributed by atoms with Gasteiger partial charge in [0.05, 0.1) is 37.1 Å². The molecule has 0 amide bonds. The van der Waals surface area contributed by atoms with E-state index in [1.165, 1.54) is 0 Å². The lowest BCUT2D eigenvalue weighted by Crippen LogP contribution is -1.93. The van der Waals surface area contributed by atoms with Crippen LogP contribution < -0.4 is 9.47 Å². The molecule has 0 unspecified atom stereocenters. The molecule has 0 aliphatic rings. The lowest BCUT2D eigenvalue weighted by molar-refractivity contribution is 0.395. The molecule has 3 rings (SSSR count). The Morgan fingerprint density at radius 1 is 0.900 bits per heavy atom. The van der Waals surface area contributed by atoms with Crippen molar-refractivity contribution in [2.24, 2.45) is 0 Å². The quantitative estimate of drug-likeness (QED) is 0.729. The highest BCUT2D eigenvalue weighted by molar-refractivity contribution is 5.78. The van der Waals surface area contributed by atoms with E-state index in [4.69, 9.17) is 9.47 Å². The first-order chi connectivity index (χ1) is 9.81. The second-order valence-corrected chi connectivity index (χ2v) is 4.31. The van der Waals surface area contributed by atoms with E-state index < -0.39 is 0 Å². The Labute approximate surface area is 117 Å². The summed E-state index contributed by atoms with van der Waals surface area (Å²) in [5.41, 5.74) is 3.42. The molecule has 3 aromatic rings. The second kappa shape index (κ2) is 5.17. The van der Waals surface area contributed by atoms with Crippen LogP contribution in [0.2, 0.25) is 0 Å². The maximum absolute atomic E-state index is 5.41. The molecule has 0 aliphatic heterocycles. The van der Waals surface area contributed by atoms with Crippen LogP contribution in [0.4, 0.5) is 0 Å². The third-order valence-corrected chi connectivity index (χ3v) is 3.13. The van der Waals surface area contributed by atoms with Crippen LogP contribution in [0, 0.1) is 0 Å². The van der Waals surface area contributed by atoms with Crippen LogP contribution in [0.1, 0.15) is 0 Å². The summed E-state index contributed by atoms with van der Waals surface area (Å²) in [6.45, 7) is 0. The van der Waals surface area contributed by atoms with Crippen molar-refractivity contribution >= 4 is 11.0 Å². The van der Waals surface area contributed by atoms with Crippen molar-refractivity contribution in [3.05, 3.63) is 48.7 Å². The van der Waals surface area contributed by atoms with Gasteiger partial charge in [-0.05, 0) is 24.3 Å². The molecule has 0 bridgehead atoms. The van der Waals surface area contributed by atoms with E-state index in [2.05, 4.69) is 9.97 Å². The molecule has 0 saturated carbocycles. The molecule has 100 valence electrons.